The second-order valence-electron chi connectivity index (χ2n) is 33.2. The number of carboxylic acids is 3. The number of hydrogen-bond acceptors (Lipinski definition) is 26. The van der Waals surface area contributed by atoms with Gasteiger partial charge in [-0.2, -0.15) is 0 Å². The van der Waals surface area contributed by atoms with Crippen LogP contribution in [0, 0.1) is 35.0 Å². The summed E-state index contributed by atoms with van der Waals surface area (Å²) in [7, 11) is 0. The topological polar surface area (TPSA) is 772 Å². The molecule has 0 unspecified atom stereocenters. The number of carbonyl (C=O) groups excluding carboxylic acids is 16. The number of amides is 16. The van der Waals surface area contributed by atoms with Crippen LogP contribution >= 0.6 is 0 Å². The van der Waals surface area contributed by atoms with Crippen molar-refractivity contribution >= 4 is 118 Å². The maximum atomic E-state index is 14.5. The first-order chi connectivity index (χ1) is 61.3. The molecule has 0 aliphatic heterocycles. The summed E-state index contributed by atoms with van der Waals surface area (Å²) < 4.78 is 0. The molecule has 0 aliphatic rings. The lowest BCUT2D eigenvalue weighted by Gasteiger charge is -2.31. The Kier molecular flexibility index (Phi) is 49.5. The van der Waals surface area contributed by atoms with Crippen LogP contribution in [-0.4, -0.2) is 271 Å². The molecular formula is C84H135N21O26. The third-order valence-corrected chi connectivity index (χ3v) is 21.2. The van der Waals surface area contributed by atoms with Gasteiger partial charge in [0.2, 0.25) is 94.5 Å². The Balaban J connectivity index is 2.32. The van der Waals surface area contributed by atoms with E-state index in [9.17, 15) is 127 Å². The Morgan fingerprint density at radius 1 is 0.374 bits per heavy atom. The standard InChI is InChI=1S/C84H135N21O26/c1-15-42(9)67(105-80(127)66(41(7)8)101-72(119)47(14)95-77(124)56(37-63(114)115)99-79(126)65(40(5)6)103-82(129)68(43(10)16-2)104-73(120)52(21-19-32-90-84(87)88)89-33-30-51-58(108)35-50(107)36-59(51)109)81(128)98-55(27-29-62(112)113)75(122)96-54(26-28-60(86)110)76(123)102-64(39(3)4)78(125)97-53(20-17-18-31-85)74(121)94-46(13)70(117)93-44(11)69(116)91-38-61(111)92-45(12)71(118)100-57(83(130)131)34-48-22-24-49(106)25-23-48/h22-25,35-36,39-47,52-57,64-68,89,106-109H,15-21,26-34,37-38,85H2,1-14H3,(H2,86,110)(H,91,116)(H,92,111)(H,93,117)(H,94,121)(H,95,124)(H,96,122)(H,97,125)(H,98,128)(H,99,126)(H,100,118)(H,101,119)(H,102,123)(H,103,129)(H,104,120)(H,105,127)(H,112,113)(H,114,115)(H,130,131)(H4,87,88,90)/t42-,43-,44-,45-,46-,47-,52-,53-,54-,55-,56-,57-,64-,65-,66-,67-,68-/m0/s1. The summed E-state index contributed by atoms with van der Waals surface area (Å²) in [6, 6.07) is -14.8. The van der Waals surface area contributed by atoms with E-state index in [0.29, 0.717) is 18.4 Å². The fraction of sp³-hybridized carbons (Fsp3) is 0.619. The van der Waals surface area contributed by atoms with E-state index in [0.717, 1.165) is 19.1 Å². The predicted octanol–water partition coefficient (Wildman–Crippen LogP) is -4.62. The molecule has 47 nitrogen and oxygen atoms in total. The van der Waals surface area contributed by atoms with Crippen LogP contribution in [0.15, 0.2) is 36.4 Å². The van der Waals surface area contributed by atoms with Crippen molar-refractivity contribution in [3.05, 3.63) is 47.5 Å². The summed E-state index contributed by atoms with van der Waals surface area (Å²) in [5.74, 6) is -25.5. The van der Waals surface area contributed by atoms with E-state index in [1.165, 1.54) is 93.5 Å². The third kappa shape index (κ3) is 41.0. The van der Waals surface area contributed by atoms with Gasteiger partial charge in [0.25, 0.3) is 0 Å². The molecule has 0 radical (unpaired) electrons. The number of aliphatic carboxylic acids is 3. The van der Waals surface area contributed by atoms with Crippen molar-refractivity contribution in [1.82, 2.24) is 90.4 Å². The molecule has 131 heavy (non-hydrogen) atoms. The highest BCUT2D eigenvalue weighted by Gasteiger charge is 2.41. The van der Waals surface area contributed by atoms with E-state index in [1.807, 2.05) is 0 Å². The van der Waals surface area contributed by atoms with Gasteiger partial charge in [-0.1, -0.05) is 94.2 Å². The van der Waals surface area contributed by atoms with E-state index in [1.54, 1.807) is 20.8 Å². The summed E-state index contributed by atoms with van der Waals surface area (Å²) in [6.45, 7) is 20.1. The minimum Gasteiger partial charge on any atom is -0.508 e. The average molecular weight is 1860 g/mol. The fourth-order valence-electron chi connectivity index (χ4n) is 12.9. The molecule has 16 amide bonds. The first-order valence-electron chi connectivity index (χ1n) is 43.3. The number of rotatable bonds is 60. The van der Waals surface area contributed by atoms with Crippen molar-refractivity contribution in [2.45, 2.75) is 277 Å². The van der Waals surface area contributed by atoms with Gasteiger partial charge in [0.05, 0.1) is 19.0 Å². The Bertz CT molecular complexity index is 4260. The fourth-order valence-corrected chi connectivity index (χ4v) is 12.9. The first kappa shape index (κ1) is 114. The van der Waals surface area contributed by atoms with Gasteiger partial charge in [0, 0.05) is 50.0 Å². The number of carboxylic acid groups (broad SMARTS) is 3. The highest BCUT2D eigenvalue weighted by Crippen LogP contribution is 2.32. The maximum Gasteiger partial charge on any atom is 0.326 e. The lowest BCUT2D eigenvalue weighted by molar-refractivity contribution is -0.142. The molecule has 2 rings (SSSR count). The van der Waals surface area contributed by atoms with Gasteiger partial charge in [-0.05, 0) is 133 Å². The van der Waals surface area contributed by atoms with Crippen molar-refractivity contribution in [3.63, 3.8) is 0 Å². The zero-order valence-corrected chi connectivity index (χ0v) is 76.4. The van der Waals surface area contributed by atoms with Crippen LogP contribution in [0.25, 0.3) is 0 Å². The molecule has 0 bridgehead atoms. The highest BCUT2D eigenvalue weighted by atomic mass is 16.4. The molecule has 0 aliphatic carbocycles. The number of phenolic OH excluding ortho intramolecular Hbond substituents is 4. The molecular weight excluding hydrogens is 1720 g/mol. The second kappa shape index (κ2) is 56.9. The Hall–Kier alpha value is -13.2. The quantitative estimate of drug-likeness (QED) is 0.0168. The molecule has 2 aromatic carbocycles. The number of carbonyl (C=O) groups is 19. The number of guanidine groups is 1. The van der Waals surface area contributed by atoms with Crippen LogP contribution in [-0.2, 0) is 104 Å². The van der Waals surface area contributed by atoms with E-state index in [-0.39, 0.29) is 81.9 Å². The van der Waals surface area contributed by atoms with Crippen molar-refractivity contribution in [3.8, 4) is 23.0 Å². The Morgan fingerprint density at radius 3 is 1.23 bits per heavy atom. The van der Waals surface area contributed by atoms with Gasteiger partial charge in [-0.25, -0.2) is 4.79 Å². The van der Waals surface area contributed by atoms with Gasteiger partial charge in [-0.15, -0.1) is 0 Å². The number of primary amides is 1. The predicted molar refractivity (Wildman–Crippen MR) is 472 cm³/mol. The number of unbranched alkanes of at least 4 members (excludes halogenated alkanes) is 1. The van der Waals surface area contributed by atoms with Crippen LogP contribution in [0.4, 0.5) is 0 Å². The zero-order chi connectivity index (χ0) is 99.5. The van der Waals surface area contributed by atoms with Crippen LogP contribution in [0.5, 0.6) is 23.0 Å². The second-order valence-corrected chi connectivity index (χ2v) is 33.2. The van der Waals surface area contributed by atoms with Crippen molar-refractivity contribution in [2.75, 3.05) is 26.2 Å². The van der Waals surface area contributed by atoms with E-state index in [4.69, 9.17) is 22.6 Å². The highest BCUT2D eigenvalue weighted by molar-refractivity contribution is 6.01. The molecule has 0 aromatic heterocycles. The molecule has 31 N–H and O–H groups in total. The Labute approximate surface area is 758 Å². The number of nitrogens with two attached hydrogens (primary N) is 3. The largest absolute Gasteiger partial charge is 0.508 e. The third-order valence-electron chi connectivity index (χ3n) is 21.2. The van der Waals surface area contributed by atoms with Gasteiger partial charge in [0.15, 0.2) is 5.96 Å². The molecule has 47 heteroatoms. The first-order valence-corrected chi connectivity index (χ1v) is 43.3. The summed E-state index contributed by atoms with van der Waals surface area (Å²) in [4.78, 5) is 258. The van der Waals surface area contributed by atoms with Crippen molar-refractivity contribution in [1.29, 1.82) is 5.41 Å². The van der Waals surface area contributed by atoms with E-state index in [2.05, 4.69) is 90.4 Å². The average Bonchev–Trinajstić information content (AvgIpc) is 0.840. The van der Waals surface area contributed by atoms with Crippen molar-refractivity contribution < 1.29 is 127 Å². The van der Waals surface area contributed by atoms with Crippen LogP contribution in [0.3, 0.4) is 0 Å². The molecule has 0 saturated carbocycles. The van der Waals surface area contributed by atoms with Gasteiger partial charge in [-0.3, -0.25) is 91.7 Å². The minimum atomic E-state index is -1.92. The van der Waals surface area contributed by atoms with Gasteiger partial charge >= 0.3 is 17.9 Å². The summed E-state index contributed by atoms with van der Waals surface area (Å²) >= 11 is 0. The molecule has 2 aromatic rings. The SMILES string of the molecule is CC[C@H](C)[C@H](NC(=O)[C@H](CCCNC(=N)N)NCCc1c(O)cc(O)cc1O)C(=O)N[C@H](C(=O)N[C@@H](CC(=O)O)C(=O)N[C@@H](C)C(=O)N[C@H](C(=O)N[C@H](C(=O)N[C@@H](CCC(=O)O)C(=O)N[C@@H](CCC(N)=O)C(=O)N[C@H](C(=O)N[C@@H](CCCCN)C(=O)N[C@@H](C)C(=O)N[C@@H](C)C(=O)NCC(=O)N[C@@H](C)C(=O)N[C@@H](Cc1ccc(O)cc1)C(=O)O)C(C)C)[C@@H](C)CC)C(C)C)C(C)C. The Morgan fingerprint density at radius 2 is 0.748 bits per heavy atom. The van der Waals surface area contributed by atoms with E-state index >= 15 is 0 Å². The monoisotopic (exact) mass is 1850 g/mol. The molecule has 0 saturated heterocycles. The summed E-state index contributed by atoms with van der Waals surface area (Å²) in [6.07, 6.45) is -2.49. The summed E-state index contributed by atoms with van der Waals surface area (Å²) in [5, 5.41) is 119. The smallest absolute Gasteiger partial charge is 0.326 e. The number of nitrogens with one attached hydrogen (secondary N) is 18. The zero-order valence-electron chi connectivity index (χ0n) is 76.4. The molecule has 17 atom stereocenters. The van der Waals surface area contributed by atoms with Gasteiger partial charge in [0.1, 0.15) is 108 Å². The minimum absolute atomic E-state index is 0.0153. The van der Waals surface area contributed by atoms with Crippen LogP contribution < -0.4 is 108 Å². The molecule has 0 heterocycles. The lowest BCUT2D eigenvalue weighted by atomic mass is 9.95. The van der Waals surface area contributed by atoms with Crippen molar-refractivity contribution in [2.24, 2.45) is 46.8 Å². The number of aromatic hydroxyl groups is 4. The van der Waals surface area contributed by atoms with Crippen LogP contribution in [0.2, 0.25) is 0 Å². The maximum absolute atomic E-state index is 14.5. The number of hydrogen-bond donors (Lipinski definition) is 28. The molecule has 0 fully saturated rings. The van der Waals surface area contributed by atoms with E-state index < -0.39 is 289 Å². The lowest BCUT2D eigenvalue weighted by Crippen LogP contribution is -2.62. The van der Waals surface area contributed by atoms with Gasteiger partial charge < -0.3 is 143 Å². The number of phenols is 4. The number of benzene rings is 2. The summed E-state index contributed by atoms with van der Waals surface area (Å²) in [5.41, 5.74) is 17.2. The normalized spacial score (nSPS) is 15.1. The molecule has 732 valence electrons. The molecule has 0 spiro atoms. The van der Waals surface area contributed by atoms with Crippen LogP contribution in [0.1, 0.15) is 185 Å².